The Balaban J connectivity index is 2.19. The van der Waals surface area contributed by atoms with Crippen molar-refractivity contribution in [2.75, 3.05) is 13.1 Å². The van der Waals surface area contributed by atoms with Crippen LogP contribution < -0.4 is 0 Å². The number of hydrogen-bond acceptors (Lipinski definition) is 3. The third-order valence-corrected chi connectivity index (χ3v) is 3.47. The van der Waals surface area contributed by atoms with Gasteiger partial charge in [-0.2, -0.15) is 0 Å². The Morgan fingerprint density at radius 3 is 3.00 bits per heavy atom. The Bertz CT molecular complexity index is 372. The molecule has 94 valence electrons. The van der Waals surface area contributed by atoms with Gasteiger partial charge in [-0.05, 0) is 31.3 Å². The molecule has 0 N–H and O–H groups in total. The van der Waals surface area contributed by atoms with Gasteiger partial charge in [0, 0.05) is 30.8 Å². The summed E-state index contributed by atoms with van der Waals surface area (Å²) in [7, 11) is 0. The summed E-state index contributed by atoms with van der Waals surface area (Å²) in [6.07, 6.45) is 6.76. The highest BCUT2D eigenvalue weighted by atomic mass is 16.6. The van der Waals surface area contributed by atoms with Gasteiger partial charge in [-0.15, -0.1) is 0 Å². The van der Waals surface area contributed by atoms with Crippen molar-refractivity contribution in [3.05, 3.63) is 33.7 Å². The largest absolute Gasteiger partial charge is 0.374 e. The zero-order valence-corrected chi connectivity index (χ0v) is 10.6. The van der Waals surface area contributed by atoms with Gasteiger partial charge in [0.25, 0.3) is 5.70 Å². The van der Waals surface area contributed by atoms with Crippen LogP contribution in [-0.2, 0) is 0 Å². The van der Waals surface area contributed by atoms with Crippen LogP contribution in [0, 0.1) is 22.0 Å². The molecule has 2 aliphatic rings. The molecule has 1 saturated heterocycles. The highest BCUT2D eigenvalue weighted by molar-refractivity contribution is 5.25. The molecule has 17 heavy (non-hydrogen) atoms. The Kier molecular flexibility index (Phi) is 3.50. The van der Waals surface area contributed by atoms with Crippen molar-refractivity contribution in [1.82, 2.24) is 4.90 Å². The average molecular weight is 236 g/mol. The van der Waals surface area contributed by atoms with E-state index in [1.807, 2.05) is 0 Å². The van der Waals surface area contributed by atoms with E-state index in [0.29, 0.717) is 11.8 Å². The van der Waals surface area contributed by atoms with E-state index in [0.717, 1.165) is 19.5 Å². The Morgan fingerprint density at radius 1 is 1.59 bits per heavy atom. The average Bonchev–Trinajstić information content (AvgIpc) is 2.28. The third-order valence-electron chi connectivity index (χ3n) is 3.47. The molecule has 4 nitrogen and oxygen atoms in total. The van der Waals surface area contributed by atoms with Crippen LogP contribution in [0.5, 0.6) is 0 Å². The smallest absolute Gasteiger partial charge is 0.267 e. The number of piperidine rings is 1. The maximum atomic E-state index is 10.8. The van der Waals surface area contributed by atoms with E-state index < -0.39 is 0 Å². The number of likely N-dealkylation sites (tertiary alicyclic amines) is 1. The van der Waals surface area contributed by atoms with Gasteiger partial charge in [0.15, 0.2) is 0 Å². The molecule has 0 amide bonds. The van der Waals surface area contributed by atoms with Gasteiger partial charge in [0.2, 0.25) is 0 Å². The molecule has 0 aromatic carbocycles. The number of hydrogen-bond donors (Lipinski definition) is 0. The Labute approximate surface area is 102 Å². The first-order valence-corrected chi connectivity index (χ1v) is 6.39. The summed E-state index contributed by atoms with van der Waals surface area (Å²) in [5.74, 6) is 1.10. The standard InChI is InChI=1S/C13H20N2O2/c1-10(2)9-14-7-3-4-11-5-6-12(15(16)17)8-13(11)14/h6,8,10-11H,3-5,7,9H2,1-2H3. The molecule has 1 heterocycles. The molecule has 4 heteroatoms. The Morgan fingerprint density at radius 2 is 2.35 bits per heavy atom. The summed E-state index contributed by atoms with van der Waals surface area (Å²) >= 11 is 0. The molecule has 1 aliphatic heterocycles. The summed E-state index contributed by atoms with van der Waals surface area (Å²) in [5.41, 5.74) is 1.46. The van der Waals surface area contributed by atoms with Crippen LogP contribution in [0.2, 0.25) is 0 Å². The molecule has 0 spiro atoms. The van der Waals surface area contributed by atoms with E-state index in [1.54, 1.807) is 12.2 Å². The van der Waals surface area contributed by atoms with Gasteiger partial charge in [-0.1, -0.05) is 13.8 Å². The van der Waals surface area contributed by atoms with Crippen LogP contribution in [0.15, 0.2) is 23.5 Å². The van der Waals surface area contributed by atoms with Gasteiger partial charge in [0.1, 0.15) is 0 Å². The number of nitro groups is 1. The molecular formula is C13H20N2O2. The van der Waals surface area contributed by atoms with Gasteiger partial charge in [-0.3, -0.25) is 10.1 Å². The molecule has 0 aromatic heterocycles. The topological polar surface area (TPSA) is 46.4 Å². The van der Waals surface area contributed by atoms with Crippen molar-refractivity contribution in [3.8, 4) is 0 Å². The summed E-state index contributed by atoms with van der Waals surface area (Å²) < 4.78 is 0. The van der Waals surface area contributed by atoms with Crippen LogP contribution in [0.25, 0.3) is 0 Å². The summed E-state index contributed by atoms with van der Waals surface area (Å²) in [6, 6.07) is 0. The third kappa shape index (κ3) is 2.68. The van der Waals surface area contributed by atoms with Gasteiger partial charge in [0.05, 0.1) is 4.92 Å². The second-order valence-corrected chi connectivity index (χ2v) is 5.37. The minimum Gasteiger partial charge on any atom is -0.374 e. The fourth-order valence-corrected chi connectivity index (χ4v) is 2.75. The predicted octanol–water partition coefficient (Wildman–Crippen LogP) is 2.80. The first-order chi connectivity index (χ1) is 8.08. The van der Waals surface area contributed by atoms with Crippen LogP contribution >= 0.6 is 0 Å². The lowest BCUT2D eigenvalue weighted by atomic mass is 9.86. The molecule has 1 aliphatic carbocycles. The van der Waals surface area contributed by atoms with E-state index in [-0.39, 0.29) is 10.6 Å². The monoisotopic (exact) mass is 236 g/mol. The van der Waals surface area contributed by atoms with Crippen molar-refractivity contribution < 1.29 is 4.92 Å². The molecule has 2 rings (SSSR count). The normalized spacial score (nSPS) is 24.2. The van der Waals surface area contributed by atoms with Gasteiger partial charge in [-0.25, -0.2) is 0 Å². The second kappa shape index (κ2) is 4.90. The molecule has 0 aromatic rings. The minimum atomic E-state index is -0.272. The first-order valence-electron chi connectivity index (χ1n) is 6.39. The number of allylic oxidation sites excluding steroid dienone is 3. The highest BCUT2D eigenvalue weighted by Crippen LogP contribution is 2.34. The summed E-state index contributed by atoms with van der Waals surface area (Å²) in [5, 5.41) is 10.8. The van der Waals surface area contributed by atoms with E-state index in [4.69, 9.17) is 0 Å². The zero-order valence-electron chi connectivity index (χ0n) is 10.6. The van der Waals surface area contributed by atoms with E-state index in [1.165, 1.54) is 18.5 Å². The predicted molar refractivity (Wildman–Crippen MR) is 66.9 cm³/mol. The van der Waals surface area contributed by atoms with Crippen molar-refractivity contribution in [2.45, 2.75) is 33.1 Å². The highest BCUT2D eigenvalue weighted by Gasteiger charge is 2.29. The van der Waals surface area contributed by atoms with E-state index >= 15 is 0 Å². The van der Waals surface area contributed by atoms with Gasteiger partial charge >= 0.3 is 0 Å². The van der Waals surface area contributed by atoms with Crippen molar-refractivity contribution in [3.63, 3.8) is 0 Å². The van der Waals surface area contributed by atoms with Crippen molar-refractivity contribution in [2.24, 2.45) is 11.8 Å². The molecule has 1 unspecified atom stereocenters. The maximum absolute atomic E-state index is 10.8. The van der Waals surface area contributed by atoms with Crippen LogP contribution in [0.3, 0.4) is 0 Å². The Hall–Kier alpha value is -1.32. The molecule has 0 saturated carbocycles. The molecular weight excluding hydrogens is 216 g/mol. The number of fused-ring (bicyclic) bond motifs is 1. The van der Waals surface area contributed by atoms with Crippen molar-refractivity contribution in [1.29, 1.82) is 0 Å². The lowest BCUT2D eigenvalue weighted by molar-refractivity contribution is -0.419. The van der Waals surface area contributed by atoms with Crippen LogP contribution in [-0.4, -0.2) is 22.9 Å². The first kappa shape index (κ1) is 12.1. The quantitative estimate of drug-likeness (QED) is 0.559. The lowest BCUT2D eigenvalue weighted by Crippen LogP contribution is -2.36. The zero-order chi connectivity index (χ0) is 12.4. The van der Waals surface area contributed by atoms with Crippen molar-refractivity contribution >= 4 is 0 Å². The lowest BCUT2D eigenvalue weighted by Gasteiger charge is -2.39. The number of rotatable bonds is 3. The van der Waals surface area contributed by atoms with Crippen LogP contribution in [0.4, 0.5) is 0 Å². The molecule has 0 bridgehead atoms. The maximum Gasteiger partial charge on any atom is 0.267 e. The second-order valence-electron chi connectivity index (χ2n) is 5.37. The fourth-order valence-electron chi connectivity index (χ4n) is 2.75. The molecule has 0 radical (unpaired) electrons. The summed E-state index contributed by atoms with van der Waals surface area (Å²) in [6.45, 7) is 6.44. The summed E-state index contributed by atoms with van der Waals surface area (Å²) in [4.78, 5) is 12.9. The fraction of sp³-hybridized carbons (Fsp3) is 0.692. The van der Waals surface area contributed by atoms with Crippen LogP contribution in [0.1, 0.15) is 33.1 Å². The molecule has 1 fully saturated rings. The van der Waals surface area contributed by atoms with Gasteiger partial charge < -0.3 is 4.90 Å². The minimum absolute atomic E-state index is 0.270. The SMILES string of the molecule is CC(C)CN1CCCC2CC=C([N+](=O)[O-])C=C21. The number of nitrogens with zero attached hydrogens (tertiary/aromatic N) is 2. The van der Waals surface area contributed by atoms with E-state index in [2.05, 4.69) is 18.7 Å². The van der Waals surface area contributed by atoms with E-state index in [9.17, 15) is 10.1 Å². The molecule has 1 atom stereocenters.